The summed E-state index contributed by atoms with van der Waals surface area (Å²) in [5.41, 5.74) is 5.13. The molecule has 0 fully saturated rings. The summed E-state index contributed by atoms with van der Waals surface area (Å²) in [7, 11) is 0. The molecule has 0 unspecified atom stereocenters. The van der Waals surface area contributed by atoms with Crippen LogP contribution in [0, 0.1) is 6.92 Å². The van der Waals surface area contributed by atoms with Gasteiger partial charge in [0.25, 0.3) is 0 Å². The van der Waals surface area contributed by atoms with E-state index in [9.17, 15) is 9.90 Å². The van der Waals surface area contributed by atoms with Crippen LogP contribution >= 0.6 is 0 Å². The summed E-state index contributed by atoms with van der Waals surface area (Å²) in [6.07, 6.45) is 3.04. The molecule has 0 aliphatic carbocycles. The summed E-state index contributed by atoms with van der Waals surface area (Å²) >= 11 is 0. The Balaban J connectivity index is 1.81. The second-order valence-electron chi connectivity index (χ2n) is 7.48. The third-order valence-corrected chi connectivity index (χ3v) is 4.13. The van der Waals surface area contributed by atoms with E-state index in [0.717, 1.165) is 33.3 Å². The highest BCUT2D eigenvalue weighted by atomic mass is 16.6. The quantitative estimate of drug-likeness (QED) is 0.738. The summed E-state index contributed by atoms with van der Waals surface area (Å²) in [6.45, 7) is 7.85. The molecule has 7 heteroatoms. The maximum Gasteiger partial charge on any atom is 0.407 e. The molecular weight excluding hydrogens is 344 g/mol. The Morgan fingerprint density at radius 3 is 2.74 bits per heavy atom. The van der Waals surface area contributed by atoms with E-state index in [1.54, 1.807) is 16.9 Å². The minimum absolute atomic E-state index is 0.0445. The molecule has 0 radical (unpaired) electrons. The number of benzene rings is 1. The van der Waals surface area contributed by atoms with Crippen molar-refractivity contribution >= 4 is 11.6 Å². The van der Waals surface area contributed by atoms with Crippen LogP contribution in [0.15, 0.2) is 36.7 Å². The van der Waals surface area contributed by atoms with Gasteiger partial charge >= 0.3 is 6.09 Å². The predicted molar refractivity (Wildman–Crippen MR) is 102 cm³/mol. The van der Waals surface area contributed by atoms with E-state index in [0.29, 0.717) is 6.54 Å². The number of fused-ring (bicyclic) bond motifs is 1. The molecule has 142 valence electrons. The molecule has 3 aromatic rings. The van der Waals surface area contributed by atoms with Crippen LogP contribution in [-0.4, -0.2) is 31.6 Å². The van der Waals surface area contributed by atoms with Crippen LogP contribution in [0.4, 0.5) is 4.79 Å². The second kappa shape index (κ2) is 7.36. The molecule has 7 nitrogen and oxygen atoms in total. The van der Waals surface area contributed by atoms with Gasteiger partial charge in [0.1, 0.15) is 5.60 Å². The van der Waals surface area contributed by atoms with E-state index in [4.69, 9.17) is 4.74 Å². The third kappa shape index (κ3) is 4.43. The lowest BCUT2D eigenvalue weighted by atomic mass is 10.0. The van der Waals surface area contributed by atoms with Crippen molar-refractivity contribution in [2.24, 2.45) is 0 Å². The fraction of sp³-hybridized carbons (Fsp3) is 0.350. The van der Waals surface area contributed by atoms with Crippen LogP contribution in [0.3, 0.4) is 0 Å². The normalized spacial score (nSPS) is 11.6. The zero-order chi connectivity index (χ0) is 19.6. The average Bonchev–Trinajstić information content (AvgIpc) is 3.02. The first-order valence-corrected chi connectivity index (χ1v) is 8.77. The number of nitrogens with zero attached hydrogens (tertiary/aromatic N) is 3. The summed E-state index contributed by atoms with van der Waals surface area (Å²) in [4.78, 5) is 11.8. The first-order valence-electron chi connectivity index (χ1n) is 8.77. The molecule has 0 bridgehead atoms. The van der Waals surface area contributed by atoms with E-state index in [2.05, 4.69) is 21.7 Å². The summed E-state index contributed by atoms with van der Waals surface area (Å²) in [5, 5.41) is 20.2. The van der Waals surface area contributed by atoms with Crippen LogP contribution in [0.1, 0.15) is 37.5 Å². The van der Waals surface area contributed by atoms with E-state index in [-0.39, 0.29) is 6.61 Å². The van der Waals surface area contributed by atoms with Gasteiger partial charge in [-0.05, 0) is 56.0 Å². The number of aromatic nitrogens is 3. The Labute approximate surface area is 158 Å². The molecule has 0 aliphatic heterocycles. The summed E-state index contributed by atoms with van der Waals surface area (Å²) in [5.74, 6) is 0. The van der Waals surface area contributed by atoms with Crippen molar-refractivity contribution in [1.82, 2.24) is 20.1 Å². The molecule has 0 atom stereocenters. The number of ether oxygens (including phenoxy) is 1. The largest absolute Gasteiger partial charge is 0.444 e. The maximum atomic E-state index is 11.8. The number of carbonyl (C=O) groups is 1. The number of aliphatic hydroxyl groups is 1. The van der Waals surface area contributed by atoms with Crippen LogP contribution in [0.2, 0.25) is 0 Å². The molecule has 27 heavy (non-hydrogen) atoms. The number of rotatable bonds is 4. The van der Waals surface area contributed by atoms with Crippen LogP contribution in [-0.2, 0) is 17.9 Å². The van der Waals surface area contributed by atoms with Crippen molar-refractivity contribution in [3.8, 4) is 11.1 Å². The first kappa shape index (κ1) is 18.8. The minimum atomic E-state index is -0.521. The Bertz CT molecular complexity index is 973. The highest BCUT2D eigenvalue weighted by Gasteiger charge is 2.16. The Kier molecular flexibility index (Phi) is 5.14. The highest BCUT2D eigenvalue weighted by Crippen LogP contribution is 2.26. The van der Waals surface area contributed by atoms with Gasteiger partial charge in [-0.25, -0.2) is 9.31 Å². The summed E-state index contributed by atoms with van der Waals surface area (Å²) < 4.78 is 6.93. The van der Waals surface area contributed by atoms with Crippen molar-refractivity contribution in [2.75, 3.05) is 0 Å². The minimum Gasteiger partial charge on any atom is -0.444 e. The van der Waals surface area contributed by atoms with Gasteiger partial charge in [-0.1, -0.05) is 23.4 Å². The first-order chi connectivity index (χ1) is 12.8. The molecule has 2 aromatic heterocycles. The van der Waals surface area contributed by atoms with Crippen molar-refractivity contribution < 1.29 is 14.6 Å². The summed E-state index contributed by atoms with van der Waals surface area (Å²) in [6, 6.07) is 7.92. The molecular formula is C20H24N4O3. The molecule has 2 heterocycles. The maximum absolute atomic E-state index is 11.8. The van der Waals surface area contributed by atoms with E-state index < -0.39 is 11.7 Å². The van der Waals surface area contributed by atoms with Gasteiger partial charge in [-0.3, -0.25) is 0 Å². The zero-order valence-electron chi connectivity index (χ0n) is 16.0. The van der Waals surface area contributed by atoms with Crippen LogP contribution < -0.4 is 5.32 Å². The highest BCUT2D eigenvalue weighted by molar-refractivity contribution is 5.80. The number of alkyl carbamates (subject to hydrolysis) is 1. The monoisotopic (exact) mass is 368 g/mol. The van der Waals surface area contributed by atoms with Crippen LogP contribution in [0.5, 0.6) is 0 Å². The number of hydrogen-bond acceptors (Lipinski definition) is 5. The second-order valence-corrected chi connectivity index (χ2v) is 7.48. The van der Waals surface area contributed by atoms with Gasteiger partial charge in [0.15, 0.2) is 0 Å². The molecule has 3 rings (SSSR count). The Hall–Kier alpha value is -2.93. The fourth-order valence-electron chi connectivity index (χ4n) is 2.84. The van der Waals surface area contributed by atoms with Gasteiger partial charge in [-0.15, -0.1) is 5.10 Å². The molecule has 0 saturated carbocycles. The number of hydrogen-bond donors (Lipinski definition) is 2. The van der Waals surface area contributed by atoms with Gasteiger partial charge in [0.05, 0.1) is 18.3 Å². The molecule has 1 aromatic carbocycles. The lowest BCUT2D eigenvalue weighted by Gasteiger charge is -2.20. The molecule has 2 N–H and O–H groups in total. The molecule has 0 aliphatic rings. The predicted octanol–water partition coefficient (Wildman–Crippen LogP) is 3.22. The molecule has 0 spiro atoms. The van der Waals surface area contributed by atoms with Gasteiger partial charge in [0, 0.05) is 18.3 Å². The van der Waals surface area contributed by atoms with Crippen molar-refractivity contribution in [1.29, 1.82) is 0 Å². The van der Waals surface area contributed by atoms with E-state index >= 15 is 0 Å². The number of carbonyl (C=O) groups excluding carboxylic acids is 1. The number of aliphatic hydroxyl groups excluding tert-OH is 1. The van der Waals surface area contributed by atoms with E-state index in [1.165, 1.54) is 0 Å². The van der Waals surface area contributed by atoms with Gasteiger partial charge in [-0.2, -0.15) is 0 Å². The molecule has 1 amide bonds. The third-order valence-electron chi connectivity index (χ3n) is 4.13. The van der Waals surface area contributed by atoms with Crippen LogP contribution in [0.25, 0.3) is 16.6 Å². The van der Waals surface area contributed by atoms with Crippen molar-refractivity contribution in [3.05, 3.63) is 53.3 Å². The SMILES string of the molecule is Cc1cc(-c2cnnn3cc(CO)cc23)ccc1CNC(=O)OC(C)(C)C. The zero-order valence-corrected chi connectivity index (χ0v) is 16.0. The van der Waals surface area contributed by atoms with E-state index in [1.807, 2.05) is 45.9 Å². The van der Waals surface area contributed by atoms with Gasteiger partial charge in [0.2, 0.25) is 0 Å². The van der Waals surface area contributed by atoms with Crippen molar-refractivity contribution in [3.63, 3.8) is 0 Å². The number of amides is 1. The van der Waals surface area contributed by atoms with Gasteiger partial charge < -0.3 is 15.2 Å². The Morgan fingerprint density at radius 2 is 2.07 bits per heavy atom. The number of aryl methyl sites for hydroxylation is 1. The smallest absolute Gasteiger partial charge is 0.407 e. The lowest BCUT2D eigenvalue weighted by Crippen LogP contribution is -2.32. The topological polar surface area (TPSA) is 88.8 Å². The average molecular weight is 368 g/mol. The fourth-order valence-corrected chi connectivity index (χ4v) is 2.84. The Morgan fingerprint density at radius 1 is 1.30 bits per heavy atom. The molecule has 0 saturated heterocycles. The van der Waals surface area contributed by atoms with Crippen molar-refractivity contribution in [2.45, 2.75) is 46.4 Å². The number of nitrogens with one attached hydrogen (secondary N) is 1. The lowest BCUT2D eigenvalue weighted by molar-refractivity contribution is 0.0523. The standard InChI is InChI=1S/C20H24N4O3/c1-13-7-15(5-6-16(13)9-21-19(26)27-20(2,3)4)17-10-22-23-24-11-14(12-25)8-18(17)24/h5-8,10-11,25H,9,12H2,1-4H3,(H,21,26).